The Labute approximate surface area is 94.5 Å². The van der Waals surface area contributed by atoms with Crippen molar-refractivity contribution < 1.29 is 9.18 Å². The van der Waals surface area contributed by atoms with Gasteiger partial charge in [0.25, 0.3) is 0 Å². The van der Waals surface area contributed by atoms with Gasteiger partial charge in [0.1, 0.15) is 5.82 Å². The minimum Gasteiger partial charge on any atom is -0.350 e. The van der Waals surface area contributed by atoms with Crippen LogP contribution in [-0.2, 0) is 0 Å². The number of nitrogens with two attached hydrogens (primary N) is 1. The van der Waals surface area contributed by atoms with Crippen LogP contribution in [0.3, 0.4) is 0 Å². The van der Waals surface area contributed by atoms with Crippen LogP contribution in [0.1, 0.15) is 12.5 Å². The Bertz CT molecular complexity index is 420. The van der Waals surface area contributed by atoms with Crippen molar-refractivity contribution in [1.29, 1.82) is 0 Å². The zero-order valence-corrected chi connectivity index (χ0v) is 9.51. The van der Waals surface area contributed by atoms with Crippen LogP contribution in [0.15, 0.2) is 27.8 Å². The first kappa shape index (κ1) is 11.6. The Morgan fingerprint density at radius 1 is 1.60 bits per heavy atom. The van der Waals surface area contributed by atoms with E-state index in [1.165, 1.54) is 6.07 Å². The van der Waals surface area contributed by atoms with Gasteiger partial charge < -0.3 is 5.73 Å². The van der Waals surface area contributed by atoms with Crippen molar-refractivity contribution in [1.82, 2.24) is 5.43 Å². The van der Waals surface area contributed by atoms with Gasteiger partial charge in [0.2, 0.25) is 0 Å². The van der Waals surface area contributed by atoms with E-state index in [2.05, 4.69) is 21.0 Å². The third kappa shape index (κ3) is 3.32. The van der Waals surface area contributed by atoms with E-state index >= 15 is 0 Å². The SMILES string of the molecule is C/C(=N/NC(N)=O)c1ccc(Br)cc1F. The van der Waals surface area contributed by atoms with Crippen molar-refractivity contribution in [3.8, 4) is 0 Å². The summed E-state index contributed by atoms with van der Waals surface area (Å²) in [5, 5.41) is 3.62. The van der Waals surface area contributed by atoms with Gasteiger partial charge in [0, 0.05) is 10.0 Å². The summed E-state index contributed by atoms with van der Waals surface area (Å²) in [6.45, 7) is 1.57. The fraction of sp³-hybridized carbons (Fsp3) is 0.111. The van der Waals surface area contributed by atoms with Gasteiger partial charge in [-0.15, -0.1) is 0 Å². The van der Waals surface area contributed by atoms with E-state index in [0.717, 1.165) is 0 Å². The molecule has 0 heterocycles. The van der Waals surface area contributed by atoms with Crippen LogP contribution in [0.2, 0.25) is 0 Å². The highest BCUT2D eigenvalue weighted by atomic mass is 79.9. The fourth-order valence-corrected chi connectivity index (χ4v) is 1.32. The number of hydrogen-bond donors (Lipinski definition) is 2. The van der Waals surface area contributed by atoms with Crippen molar-refractivity contribution in [3.63, 3.8) is 0 Å². The van der Waals surface area contributed by atoms with Crippen LogP contribution in [0.5, 0.6) is 0 Å². The molecule has 0 aliphatic heterocycles. The summed E-state index contributed by atoms with van der Waals surface area (Å²) >= 11 is 3.14. The van der Waals surface area contributed by atoms with E-state index in [9.17, 15) is 9.18 Å². The molecule has 80 valence electrons. The molecular weight excluding hydrogens is 265 g/mol. The van der Waals surface area contributed by atoms with Crippen LogP contribution in [0, 0.1) is 5.82 Å². The van der Waals surface area contributed by atoms with Gasteiger partial charge in [-0.3, -0.25) is 0 Å². The zero-order chi connectivity index (χ0) is 11.4. The number of primary amides is 1. The molecule has 4 nitrogen and oxygen atoms in total. The molecule has 6 heteroatoms. The smallest absolute Gasteiger partial charge is 0.332 e. The molecular formula is C9H9BrFN3O. The summed E-state index contributed by atoms with van der Waals surface area (Å²) in [4.78, 5) is 10.4. The van der Waals surface area contributed by atoms with Crippen molar-refractivity contribution in [2.45, 2.75) is 6.92 Å². The maximum atomic E-state index is 13.4. The largest absolute Gasteiger partial charge is 0.350 e. The van der Waals surface area contributed by atoms with Crippen molar-refractivity contribution >= 4 is 27.7 Å². The third-order valence-corrected chi connectivity index (χ3v) is 2.15. The highest BCUT2D eigenvalue weighted by Gasteiger charge is 2.05. The van der Waals surface area contributed by atoms with Crippen LogP contribution in [0.4, 0.5) is 9.18 Å². The number of hydrogen-bond acceptors (Lipinski definition) is 2. The molecule has 0 bridgehead atoms. The van der Waals surface area contributed by atoms with E-state index in [0.29, 0.717) is 15.7 Å². The summed E-state index contributed by atoms with van der Waals surface area (Å²) in [7, 11) is 0. The van der Waals surface area contributed by atoms with Gasteiger partial charge in [-0.1, -0.05) is 15.9 Å². The Kier molecular flexibility index (Phi) is 3.79. The lowest BCUT2D eigenvalue weighted by molar-refractivity contribution is 0.249. The molecule has 0 aliphatic rings. The van der Waals surface area contributed by atoms with Gasteiger partial charge in [-0.25, -0.2) is 14.6 Å². The number of benzene rings is 1. The van der Waals surface area contributed by atoms with Crippen molar-refractivity contribution in [2.24, 2.45) is 10.8 Å². The molecule has 0 aliphatic carbocycles. The number of rotatable bonds is 2. The number of carbonyl (C=O) groups is 1. The summed E-state index contributed by atoms with van der Waals surface area (Å²) in [5.41, 5.74) is 7.51. The first-order chi connectivity index (χ1) is 7.00. The Hall–Kier alpha value is -1.43. The molecule has 0 saturated carbocycles. The van der Waals surface area contributed by atoms with Gasteiger partial charge >= 0.3 is 6.03 Å². The lowest BCUT2D eigenvalue weighted by atomic mass is 10.1. The van der Waals surface area contributed by atoms with Crippen LogP contribution < -0.4 is 11.2 Å². The predicted molar refractivity (Wildman–Crippen MR) is 59.0 cm³/mol. The Balaban J connectivity index is 2.95. The minimum absolute atomic E-state index is 0.312. The summed E-state index contributed by atoms with van der Waals surface area (Å²) in [6, 6.07) is 3.77. The fourth-order valence-electron chi connectivity index (χ4n) is 0.982. The molecule has 0 atom stereocenters. The number of nitrogens with one attached hydrogen (secondary N) is 1. The standard InChI is InChI=1S/C9H9BrFN3O/c1-5(13-14-9(12)15)7-3-2-6(10)4-8(7)11/h2-4H,1H3,(H3,12,14,15)/b13-5-. The van der Waals surface area contributed by atoms with E-state index in [1.54, 1.807) is 19.1 Å². The average molecular weight is 274 g/mol. The van der Waals surface area contributed by atoms with E-state index < -0.39 is 11.8 Å². The number of nitrogens with zero attached hydrogens (tertiary/aromatic N) is 1. The van der Waals surface area contributed by atoms with Crippen molar-refractivity contribution in [2.75, 3.05) is 0 Å². The summed E-state index contributed by atoms with van der Waals surface area (Å²) in [5.74, 6) is -0.420. The quantitative estimate of drug-likeness (QED) is 0.628. The summed E-state index contributed by atoms with van der Waals surface area (Å²) < 4.78 is 14.0. The maximum Gasteiger partial charge on any atom is 0.332 e. The molecule has 1 aromatic rings. The summed E-state index contributed by atoms with van der Waals surface area (Å²) in [6.07, 6.45) is 0. The predicted octanol–water partition coefficient (Wildman–Crippen LogP) is 1.98. The van der Waals surface area contributed by atoms with Crippen LogP contribution in [-0.4, -0.2) is 11.7 Å². The normalized spacial score (nSPS) is 11.3. The average Bonchev–Trinajstić information content (AvgIpc) is 2.14. The molecule has 0 aromatic heterocycles. The monoisotopic (exact) mass is 273 g/mol. The molecule has 0 fully saturated rings. The van der Waals surface area contributed by atoms with E-state index in [4.69, 9.17) is 5.73 Å². The highest BCUT2D eigenvalue weighted by molar-refractivity contribution is 9.10. The topological polar surface area (TPSA) is 67.5 Å². The number of urea groups is 1. The lowest BCUT2D eigenvalue weighted by Crippen LogP contribution is -2.25. The molecule has 1 rings (SSSR count). The molecule has 1 aromatic carbocycles. The van der Waals surface area contributed by atoms with Gasteiger partial charge in [-0.05, 0) is 25.1 Å². The second-order valence-corrected chi connectivity index (χ2v) is 3.71. The number of hydrazone groups is 1. The lowest BCUT2D eigenvalue weighted by Gasteiger charge is -2.02. The highest BCUT2D eigenvalue weighted by Crippen LogP contribution is 2.15. The van der Waals surface area contributed by atoms with Crippen LogP contribution >= 0.6 is 15.9 Å². The van der Waals surface area contributed by atoms with Crippen LogP contribution in [0.25, 0.3) is 0 Å². The zero-order valence-electron chi connectivity index (χ0n) is 7.92. The maximum absolute atomic E-state index is 13.4. The number of carbonyl (C=O) groups excluding carboxylic acids is 1. The molecule has 0 saturated heterocycles. The molecule has 0 spiro atoms. The second-order valence-electron chi connectivity index (χ2n) is 2.80. The van der Waals surface area contributed by atoms with Gasteiger partial charge in [-0.2, -0.15) is 5.10 Å². The first-order valence-electron chi connectivity index (χ1n) is 4.06. The number of amides is 2. The first-order valence-corrected chi connectivity index (χ1v) is 4.85. The number of halogens is 2. The third-order valence-electron chi connectivity index (χ3n) is 1.65. The van der Waals surface area contributed by atoms with Gasteiger partial charge in [0.15, 0.2) is 0 Å². The molecule has 0 unspecified atom stereocenters. The molecule has 2 amide bonds. The Morgan fingerprint density at radius 2 is 2.27 bits per heavy atom. The Morgan fingerprint density at radius 3 is 2.80 bits per heavy atom. The van der Waals surface area contributed by atoms with Gasteiger partial charge in [0.05, 0.1) is 5.71 Å². The molecule has 15 heavy (non-hydrogen) atoms. The molecule has 0 radical (unpaired) electrons. The minimum atomic E-state index is -0.785. The second kappa shape index (κ2) is 4.88. The van der Waals surface area contributed by atoms with E-state index in [-0.39, 0.29) is 0 Å². The molecule has 3 N–H and O–H groups in total. The van der Waals surface area contributed by atoms with E-state index in [1.807, 2.05) is 5.43 Å². The van der Waals surface area contributed by atoms with Crippen molar-refractivity contribution in [3.05, 3.63) is 34.1 Å².